The van der Waals surface area contributed by atoms with E-state index in [-0.39, 0.29) is 16.4 Å². The van der Waals surface area contributed by atoms with E-state index in [0.717, 1.165) is 29.7 Å². The van der Waals surface area contributed by atoms with Gasteiger partial charge in [-0.3, -0.25) is 14.9 Å². The van der Waals surface area contributed by atoms with Crippen molar-refractivity contribution in [2.24, 2.45) is 5.41 Å². The average Bonchev–Trinajstić information content (AvgIpc) is 2.85. The lowest BCUT2D eigenvalue weighted by molar-refractivity contribution is -0.118. The van der Waals surface area contributed by atoms with E-state index in [1.54, 1.807) is 0 Å². The molecule has 0 spiro atoms. The van der Waals surface area contributed by atoms with E-state index in [4.69, 9.17) is 4.74 Å². The summed E-state index contributed by atoms with van der Waals surface area (Å²) < 4.78 is 5.97. The van der Waals surface area contributed by atoms with Crippen LogP contribution in [-0.4, -0.2) is 23.0 Å². The molecular formula is C18H23NO3S. The van der Waals surface area contributed by atoms with Gasteiger partial charge in [0, 0.05) is 5.41 Å². The average molecular weight is 333 g/mol. The molecule has 23 heavy (non-hydrogen) atoms. The second-order valence-electron chi connectivity index (χ2n) is 6.89. The molecule has 4 nitrogen and oxygen atoms in total. The maximum absolute atomic E-state index is 11.6. The molecule has 1 aromatic carbocycles. The number of carbonyl (C=O) groups excluding carboxylic acids is 2. The molecule has 2 aliphatic rings. The Balaban J connectivity index is 1.53. The second kappa shape index (κ2) is 6.95. The van der Waals surface area contributed by atoms with Crippen LogP contribution >= 0.6 is 11.8 Å². The number of amides is 2. The number of ether oxygens (including phenoxy) is 1. The molecule has 2 amide bonds. The first-order valence-electron chi connectivity index (χ1n) is 8.27. The van der Waals surface area contributed by atoms with Crippen molar-refractivity contribution in [3.05, 3.63) is 29.8 Å². The lowest BCUT2D eigenvalue weighted by atomic mass is 9.76. The minimum absolute atomic E-state index is 0.189. The molecule has 5 heteroatoms. The molecule has 3 rings (SSSR count). The van der Waals surface area contributed by atoms with Gasteiger partial charge >= 0.3 is 0 Å². The minimum atomic E-state index is -0.310. The van der Waals surface area contributed by atoms with E-state index in [1.807, 2.05) is 24.3 Å². The van der Waals surface area contributed by atoms with Gasteiger partial charge in [0.2, 0.25) is 5.91 Å². The fraction of sp³-hybridized carbons (Fsp3) is 0.556. The highest BCUT2D eigenvalue weighted by atomic mass is 32.2. The highest BCUT2D eigenvalue weighted by Crippen LogP contribution is 2.36. The third-order valence-electron chi connectivity index (χ3n) is 4.76. The Morgan fingerprint density at radius 3 is 2.48 bits per heavy atom. The van der Waals surface area contributed by atoms with Gasteiger partial charge in [-0.1, -0.05) is 50.1 Å². The Morgan fingerprint density at radius 2 is 1.87 bits per heavy atom. The zero-order chi connectivity index (χ0) is 16.3. The summed E-state index contributed by atoms with van der Waals surface area (Å²) in [5.41, 5.74) is 1.35. The quantitative estimate of drug-likeness (QED) is 0.887. The topological polar surface area (TPSA) is 55.4 Å². The molecule has 1 saturated carbocycles. The summed E-state index contributed by atoms with van der Waals surface area (Å²) in [6, 6.07) is 7.88. The molecule has 0 bridgehead atoms. The van der Waals surface area contributed by atoms with Gasteiger partial charge in [-0.25, -0.2) is 0 Å². The molecule has 1 N–H and O–H groups in total. The van der Waals surface area contributed by atoms with Gasteiger partial charge in [-0.05, 0) is 37.0 Å². The Kier molecular flexibility index (Phi) is 4.95. The van der Waals surface area contributed by atoms with Crippen LogP contribution in [0.3, 0.4) is 0 Å². The highest BCUT2D eigenvalue weighted by molar-refractivity contribution is 8.15. The molecule has 1 heterocycles. The van der Waals surface area contributed by atoms with Crippen molar-refractivity contribution in [2.45, 2.75) is 50.7 Å². The van der Waals surface area contributed by atoms with Crippen LogP contribution in [0.5, 0.6) is 5.75 Å². The first kappa shape index (κ1) is 16.4. The SMILES string of the molecule is CC1(COc2ccc(C[C@@H]3SC(=O)NC3=O)cc2)CCCCC1. The maximum atomic E-state index is 11.6. The van der Waals surface area contributed by atoms with Crippen molar-refractivity contribution in [2.75, 3.05) is 6.61 Å². The van der Waals surface area contributed by atoms with Crippen molar-refractivity contribution >= 4 is 22.9 Å². The first-order chi connectivity index (χ1) is 11.0. The van der Waals surface area contributed by atoms with Crippen molar-refractivity contribution in [1.29, 1.82) is 0 Å². The summed E-state index contributed by atoms with van der Waals surface area (Å²) in [4.78, 5) is 22.8. The summed E-state index contributed by atoms with van der Waals surface area (Å²) in [5, 5.41) is 1.76. The van der Waals surface area contributed by atoms with E-state index in [9.17, 15) is 9.59 Å². The number of hydrogen-bond donors (Lipinski definition) is 1. The predicted octanol–water partition coefficient (Wildman–Crippen LogP) is 3.93. The van der Waals surface area contributed by atoms with Crippen molar-refractivity contribution < 1.29 is 14.3 Å². The number of imide groups is 1. The van der Waals surface area contributed by atoms with E-state index in [0.29, 0.717) is 11.8 Å². The Bertz CT molecular complexity index is 578. The van der Waals surface area contributed by atoms with Crippen LogP contribution in [-0.2, 0) is 11.2 Å². The molecule has 1 aromatic rings. The first-order valence-corrected chi connectivity index (χ1v) is 9.15. The largest absolute Gasteiger partial charge is 0.493 e. The smallest absolute Gasteiger partial charge is 0.286 e. The molecule has 0 aromatic heterocycles. The van der Waals surface area contributed by atoms with Gasteiger partial charge in [0.05, 0.1) is 11.9 Å². The molecule has 124 valence electrons. The number of carbonyl (C=O) groups is 2. The summed E-state index contributed by atoms with van der Waals surface area (Å²) in [5.74, 6) is 0.686. The van der Waals surface area contributed by atoms with Crippen LogP contribution in [0, 0.1) is 5.41 Å². The standard InChI is InChI=1S/C18H23NO3S/c1-18(9-3-2-4-10-18)12-22-14-7-5-13(6-8-14)11-15-16(20)19-17(21)23-15/h5-8,15H,2-4,9-12H2,1H3,(H,19,20,21)/t15-/m0/s1. The van der Waals surface area contributed by atoms with E-state index in [2.05, 4.69) is 12.2 Å². The van der Waals surface area contributed by atoms with Crippen LogP contribution in [0.15, 0.2) is 24.3 Å². The lowest BCUT2D eigenvalue weighted by Gasteiger charge is -2.33. The number of nitrogens with one attached hydrogen (secondary N) is 1. The van der Waals surface area contributed by atoms with Crippen LogP contribution < -0.4 is 10.1 Å². The van der Waals surface area contributed by atoms with Crippen molar-refractivity contribution in [1.82, 2.24) is 5.32 Å². The number of benzene rings is 1. The van der Waals surface area contributed by atoms with Crippen molar-refractivity contribution in [3.63, 3.8) is 0 Å². The van der Waals surface area contributed by atoms with Gasteiger partial charge in [0.15, 0.2) is 0 Å². The number of rotatable bonds is 5. The zero-order valence-electron chi connectivity index (χ0n) is 13.5. The molecule has 2 fully saturated rings. The monoisotopic (exact) mass is 333 g/mol. The Morgan fingerprint density at radius 1 is 1.17 bits per heavy atom. The Hall–Kier alpha value is -1.49. The second-order valence-corrected chi connectivity index (χ2v) is 8.07. The zero-order valence-corrected chi connectivity index (χ0v) is 14.3. The summed E-state index contributed by atoms with van der Waals surface area (Å²) in [6.45, 7) is 3.08. The van der Waals surface area contributed by atoms with Crippen LogP contribution in [0.25, 0.3) is 0 Å². The van der Waals surface area contributed by atoms with Crippen LogP contribution in [0.1, 0.15) is 44.6 Å². The highest BCUT2D eigenvalue weighted by Gasteiger charge is 2.31. The van der Waals surface area contributed by atoms with Gasteiger partial charge in [-0.15, -0.1) is 0 Å². The summed E-state index contributed by atoms with van der Waals surface area (Å²) in [7, 11) is 0. The fourth-order valence-corrected chi connectivity index (χ4v) is 4.13. The number of hydrogen-bond acceptors (Lipinski definition) is 4. The van der Waals surface area contributed by atoms with Gasteiger partial charge in [0.25, 0.3) is 5.24 Å². The molecule has 1 saturated heterocycles. The lowest BCUT2D eigenvalue weighted by Crippen LogP contribution is -2.27. The summed E-state index contributed by atoms with van der Waals surface area (Å²) in [6.07, 6.45) is 7.01. The molecule has 0 unspecified atom stereocenters. The predicted molar refractivity (Wildman–Crippen MR) is 91.8 cm³/mol. The molecule has 1 atom stereocenters. The Labute approximate surface area is 141 Å². The number of thioether (sulfide) groups is 1. The van der Waals surface area contributed by atoms with Crippen molar-refractivity contribution in [3.8, 4) is 5.75 Å². The van der Waals surface area contributed by atoms with Gasteiger partial charge in [-0.2, -0.15) is 0 Å². The molecular weight excluding hydrogens is 310 g/mol. The minimum Gasteiger partial charge on any atom is -0.493 e. The van der Waals surface area contributed by atoms with Crippen LogP contribution in [0.2, 0.25) is 0 Å². The molecule has 1 aliphatic carbocycles. The van der Waals surface area contributed by atoms with Gasteiger partial charge < -0.3 is 4.74 Å². The summed E-state index contributed by atoms with van der Waals surface area (Å²) >= 11 is 1.07. The third-order valence-corrected chi connectivity index (χ3v) is 5.74. The molecule has 0 radical (unpaired) electrons. The van der Waals surface area contributed by atoms with E-state index < -0.39 is 0 Å². The van der Waals surface area contributed by atoms with Gasteiger partial charge in [0.1, 0.15) is 5.75 Å². The maximum Gasteiger partial charge on any atom is 0.286 e. The van der Waals surface area contributed by atoms with Crippen LogP contribution in [0.4, 0.5) is 4.79 Å². The van der Waals surface area contributed by atoms with E-state index >= 15 is 0 Å². The fourth-order valence-electron chi connectivity index (χ4n) is 3.27. The third kappa shape index (κ3) is 4.28. The normalized spacial score (nSPS) is 23.6. The van der Waals surface area contributed by atoms with E-state index in [1.165, 1.54) is 32.1 Å². The molecule has 1 aliphatic heterocycles.